The van der Waals surface area contributed by atoms with Gasteiger partial charge in [-0.05, 0) is 19.3 Å². The maximum Gasteiger partial charge on any atom is 0.167 e. The summed E-state index contributed by atoms with van der Waals surface area (Å²) in [5.74, 6) is 0.870. The van der Waals surface area contributed by atoms with Crippen LogP contribution in [0.3, 0.4) is 0 Å². The molecule has 1 aromatic rings. The first-order chi connectivity index (χ1) is 9.36. The number of nitrogens with zero attached hydrogens (tertiary/aromatic N) is 5. The molecule has 2 bridgehead atoms. The molecule has 6 nitrogen and oxygen atoms in total. The van der Waals surface area contributed by atoms with E-state index in [1.165, 1.54) is 0 Å². The van der Waals surface area contributed by atoms with Crippen LogP contribution in [0.2, 0.25) is 0 Å². The van der Waals surface area contributed by atoms with E-state index in [0.717, 1.165) is 19.3 Å². The largest absolute Gasteiger partial charge is 0.373 e. The van der Waals surface area contributed by atoms with Gasteiger partial charge in [0.25, 0.3) is 0 Å². The molecule has 96 valence electrons. The predicted molar refractivity (Wildman–Crippen MR) is 67.3 cm³/mol. The van der Waals surface area contributed by atoms with E-state index in [1.54, 1.807) is 18.6 Å². The van der Waals surface area contributed by atoms with Crippen molar-refractivity contribution in [1.29, 1.82) is 5.26 Å². The van der Waals surface area contributed by atoms with E-state index in [4.69, 9.17) is 4.74 Å². The van der Waals surface area contributed by atoms with E-state index >= 15 is 0 Å². The van der Waals surface area contributed by atoms with Gasteiger partial charge in [-0.15, -0.1) is 0 Å². The molecule has 19 heavy (non-hydrogen) atoms. The highest BCUT2D eigenvalue weighted by molar-refractivity contribution is 6.03. The highest BCUT2D eigenvalue weighted by Gasteiger charge is 2.51. The molecule has 1 aromatic heterocycles. The van der Waals surface area contributed by atoms with E-state index < -0.39 is 0 Å². The molecule has 0 aromatic carbocycles. The number of aromatic nitrogens is 2. The first-order valence-electron chi connectivity index (χ1n) is 6.56. The molecular formula is C13H13N5O. The lowest BCUT2D eigenvalue weighted by molar-refractivity contribution is -0.0183. The number of rotatable bonds is 1. The second kappa shape index (κ2) is 4.00. The zero-order chi connectivity index (χ0) is 12.8. The molecule has 2 saturated heterocycles. The average molecular weight is 255 g/mol. The van der Waals surface area contributed by atoms with Gasteiger partial charge in [-0.3, -0.25) is 4.98 Å². The third-order valence-corrected chi connectivity index (χ3v) is 4.20. The minimum Gasteiger partial charge on any atom is -0.373 e. The van der Waals surface area contributed by atoms with E-state index in [1.807, 2.05) is 5.01 Å². The Morgan fingerprint density at radius 3 is 3.11 bits per heavy atom. The Morgan fingerprint density at radius 2 is 2.32 bits per heavy atom. The van der Waals surface area contributed by atoms with Gasteiger partial charge >= 0.3 is 0 Å². The van der Waals surface area contributed by atoms with Crippen molar-refractivity contribution in [3.63, 3.8) is 0 Å². The quantitative estimate of drug-likeness (QED) is 0.751. The number of fused-ring (bicyclic) bond motifs is 4. The Morgan fingerprint density at radius 1 is 1.37 bits per heavy atom. The third-order valence-electron chi connectivity index (χ3n) is 4.20. The summed E-state index contributed by atoms with van der Waals surface area (Å²) in [7, 11) is 0. The molecule has 6 heteroatoms. The molecule has 2 fully saturated rings. The Kier molecular flexibility index (Phi) is 2.29. The van der Waals surface area contributed by atoms with Gasteiger partial charge in [0.1, 0.15) is 11.8 Å². The van der Waals surface area contributed by atoms with Crippen molar-refractivity contribution in [2.75, 3.05) is 5.01 Å². The fourth-order valence-electron chi connectivity index (χ4n) is 3.42. The summed E-state index contributed by atoms with van der Waals surface area (Å²) in [5.41, 5.74) is 0.607. The molecule has 4 heterocycles. The molecule has 4 unspecified atom stereocenters. The van der Waals surface area contributed by atoms with Crippen LogP contribution in [-0.4, -0.2) is 33.9 Å². The van der Waals surface area contributed by atoms with Crippen molar-refractivity contribution in [2.24, 2.45) is 11.0 Å². The molecule has 4 rings (SSSR count). The van der Waals surface area contributed by atoms with E-state index in [0.29, 0.717) is 17.6 Å². The second-order valence-corrected chi connectivity index (χ2v) is 5.21. The standard InChI is InChI=1S/C13H13N5O/c14-6-10-9-5-8-1-2-11(19-8)13(9)18(17-10)12-7-15-3-4-16-12/h3-4,7-9,11,13H,1-2,5H2. The predicted octanol–water partition coefficient (Wildman–Crippen LogP) is 1.11. The first-order valence-corrected chi connectivity index (χ1v) is 6.56. The molecule has 0 spiro atoms. The van der Waals surface area contributed by atoms with Crippen LogP contribution in [-0.2, 0) is 4.74 Å². The highest BCUT2D eigenvalue weighted by Crippen LogP contribution is 2.43. The lowest BCUT2D eigenvalue weighted by Crippen LogP contribution is -2.47. The zero-order valence-corrected chi connectivity index (χ0v) is 10.3. The molecule has 0 saturated carbocycles. The minimum atomic E-state index is 0.102. The van der Waals surface area contributed by atoms with Gasteiger partial charge in [0.05, 0.1) is 24.4 Å². The maximum absolute atomic E-state index is 9.28. The lowest BCUT2D eigenvalue weighted by Gasteiger charge is -2.35. The number of ether oxygens (including phenoxy) is 1. The smallest absolute Gasteiger partial charge is 0.167 e. The van der Waals surface area contributed by atoms with Gasteiger partial charge in [-0.1, -0.05) is 0 Å². The lowest BCUT2D eigenvalue weighted by atomic mass is 9.87. The van der Waals surface area contributed by atoms with Crippen molar-refractivity contribution in [3.05, 3.63) is 18.6 Å². The monoisotopic (exact) mass is 255 g/mol. The second-order valence-electron chi connectivity index (χ2n) is 5.21. The Bertz CT molecular complexity index is 566. The van der Waals surface area contributed by atoms with Crippen LogP contribution in [0.15, 0.2) is 23.7 Å². The van der Waals surface area contributed by atoms with E-state index in [2.05, 4.69) is 21.1 Å². The van der Waals surface area contributed by atoms with Gasteiger partial charge in [0, 0.05) is 18.3 Å². The molecule has 3 aliphatic heterocycles. The van der Waals surface area contributed by atoms with Crippen LogP contribution in [0.5, 0.6) is 0 Å². The number of nitriles is 1. The molecule has 4 atom stereocenters. The maximum atomic E-state index is 9.28. The Balaban J connectivity index is 1.75. The molecule has 0 aliphatic carbocycles. The van der Waals surface area contributed by atoms with Crippen LogP contribution in [0.4, 0.5) is 5.82 Å². The van der Waals surface area contributed by atoms with Crippen LogP contribution in [0.1, 0.15) is 19.3 Å². The van der Waals surface area contributed by atoms with E-state index in [9.17, 15) is 5.26 Å². The van der Waals surface area contributed by atoms with Crippen LogP contribution in [0.25, 0.3) is 0 Å². The summed E-state index contributed by atoms with van der Waals surface area (Å²) in [6.45, 7) is 0. The molecule has 0 N–H and O–H groups in total. The van der Waals surface area contributed by atoms with Crippen molar-refractivity contribution >= 4 is 11.5 Å². The third kappa shape index (κ3) is 1.55. The van der Waals surface area contributed by atoms with Gasteiger partial charge in [0.15, 0.2) is 5.82 Å². The SMILES string of the molecule is N#CC1=NN(c2cnccn2)C2C3CCC(CC12)O3. The first kappa shape index (κ1) is 10.9. The van der Waals surface area contributed by atoms with Crippen molar-refractivity contribution in [1.82, 2.24) is 9.97 Å². The van der Waals surface area contributed by atoms with Crippen molar-refractivity contribution < 1.29 is 4.74 Å². The Labute approximate surface area is 110 Å². The van der Waals surface area contributed by atoms with Crippen LogP contribution >= 0.6 is 0 Å². The molecular weight excluding hydrogens is 242 g/mol. The topological polar surface area (TPSA) is 74.4 Å². The number of anilines is 1. The average Bonchev–Trinajstić information content (AvgIpc) is 3.02. The minimum absolute atomic E-state index is 0.102. The molecule has 0 radical (unpaired) electrons. The summed E-state index contributed by atoms with van der Waals surface area (Å²) in [6.07, 6.45) is 8.43. The summed E-state index contributed by atoms with van der Waals surface area (Å²) in [6, 6.07) is 2.34. The fourth-order valence-corrected chi connectivity index (χ4v) is 3.42. The van der Waals surface area contributed by atoms with Crippen molar-refractivity contribution in [2.45, 2.75) is 37.5 Å². The summed E-state index contributed by atoms with van der Waals surface area (Å²) >= 11 is 0. The van der Waals surface area contributed by atoms with Crippen molar-refractivity contribution in [3.8, 4) is 6.07 Å². The summed E-state index contributed by atoms with van der Waals surface area (Å²) < 4.78 is 5.98. The Hall–Kier alpha value is -2.00. The van der Waals surface area contributed by atoms with Gasteiger partial charge in [-0.25, -0.2) is 9.99 Å². The highest BCUT2D eigenvalue weighted by atomic mass is 16.5. The van der Waals surface area contributed by atoms with Gasteiger partial charge in [0.2, 0.25) is 0 Å². The van der Waals surface area contributed by atoms with E-state index in [-0.39, 0.29) is 18.1 Å². The summed E-state index contributed by atoms with van der Waals surface area (Å²) in [4.78, 5) is 8.38. The fraction of sp³-hybridized carbons (Fsp3) is 0.538. The summed E-state index contributed by atoms with van der Waals surface area (Å²) in [5, 5.41) is 15.6. The number of hydrogen-bond donors (Lipinski definition) is 0. The van der Waals surface area contributed by atoms with Gasteiger partial charge in [-0.2, -0.15) is 10.4 Å². The van der Waals surface area contributed by atoms with Crippen LogP contribution in [0, 0.1) is 17.2 Å². The number of hydrogen-bond acceptors (Lipinski definition) is 6. The molecule has 3 aliphatic rings. The number of hydrazone groups is 1. The van der Waals surface area contributed by atoms with Gasteiger partial charge < -0.3 is 4.74 Å². The zero-order valence-electron chi connectivity index (χ0n) is 10.3. The van der Waals surface area contributed by atoms with Crippen LogP contribution < -0.4 is 5.01 Å². The normalized spacial score (nSPS) is 35.7. The molecule has 0 amide bonds.